The summed E-state index contributed by atoms with van der Waals surface area (Å²) < 4.78 is 2.13. The maximum Gasteiger partial charge on any atom is 0.162 e. The number of hydrogen-bond donors (Lipinski definition) is 0. The third-order valence-corrected chi connectivity index (χ3v) is 6.06. The van der Waals surface area contributed by atoms with Crippen molar-refractivity contribution in [3.05, 3.63) is 62.5 Å². The van der Waals surface area contributed by atoms with Crippen LogP contribution in [0.4, 0.5) is 0 Å². The van der Waals surface area contributed by atoms with E-state index in [0.717, 1.165) is 50.3 Å². The van der Waals surface area contributed by atoms with Crippen molar-refractivity contribution in [2.24, 2.45) is 4.99 Å². The zero-order valence-electron chi connectivity index (χ0n) is 15.7. The van der Waals surface area contributed by atoms with Crippen molar-refractivity contribution in [3.63, 3.8) is 0 Å². The topological polar surface area (TPSA) is 43.1 Å². The van der Waals surface area contributed by atoms with E-state index in [0.29, 0.717) is 5.02 Å². The van der Waals surface area contributed by atoms with Crippen molar-refractivity contribution < 1.29 is 0 Å². The van der Waals surface area contributed by atoms with Crippen LogP contribution in [0, 0.1) is 25.7 Å². The molecular weight excluding hydrogens is 376 g/mol. The second-order valence-electron chi connectivity index (χ2n) is 6.49. The Morgan fingerprint density at radius 2 is 1.93 bits per heavy atom. The van der Waals surface area contributed by atoms with Gasteiger partial charge >= 0.3 is 0 Å². The smallest absolute Gasteiger partial charge is 0.162 e. The Bertz CT molecular complexity index is 1110. The van der Waals surface area contributed by atoms with E-state index in [1.807, 2.05) is 31.2 Å². The van der Waals surface area contributed by atoms with Crippen LogP contribution in [-0.4, -0.2) is 20.5 Å². The summed E-state index contributed by atoms with van der Waals surface area (Å²) in [5.74, 6) is 8.23. The molecule has 0 saturated carbocycles. The fourth-order valence-corrected chi connectivity index (χ4v) is 4.63. The second kappa shape index (κ2) is 6.95. The summed E-state index contributed by atoms with van der Waals surface area (Å²) >= 11 is 7.78. The molecule has 1 aromatic carbocycles. The van der Waals surface area contributed by atoms with Gasteiger partial charge < -0.3 is 0 Å². The minimum absolute atomic E-state index is 0.0962. The Kier molecular flexibility index (Phi) is 4.63. The summed E-state index contributed by atoms with van der Waals surface area (Å²) in [4.78, 5) is 6.10. The Morgan fingerprint density at radius 3 is 2.63 bits per heavy atom. The third-order valence-electron chi connectivity index (χ3n) is 4.61. The van der Waals surface area contributed by atoms with E-state index in [2.05, 4.69) is 47.4 Å². The molecule has 0 aliphatic carbocycles. The number of nitrogens with zero attached hydrogens (tertiary/aromatic N) is 4. The Morgan fingerprint density at radius 1 is 1.19 bits per heavy atom. The third kappa shape index (κ3) is 2.99. The molecule has 0 spiro atoms. The summed E-state index contributed by atoms with van der Waals surface area (Å²) in [6.45, 7) is 8.22. The number of aliphatic imine (C=N–C) groups is 1. The lowest BCUT2D eigenvalue weighted by molar-refractivity contribution is 0.724. The van der Waals surface area contributed by atoms with E-state index >= 15 is 0 Å². The van der Waals surface area contributed by atoms with Crippen LogP contribution in [0.1, 0.15) is 59.5 Å². The molecule has 136 valence electrons. The van der Waals surface area contributed by atoms with Gasteiger partial charge in [0, 0.05) is 22.6 Å². The molecule has 2 aromatic heterocycles. The standard InChI is InChI=1S/C21H19ClN4S/c1-5-6-7-17-12(2)18-19(15-8-10-16(22)11-9-15)23-13(3)20-25-24-14(4)26(20)21(18)27-17/h8-11,13H,5H2,1-4H3/t13-/m0/s1. The number of halogens is 1. The molecule has 1 aliphatic rings. The molecule has 4 nitrogen and oxygen atoms in total. The van der Waals surface area contributed by atoms with Crippen molar-refractivity contribution in [2.45, 2.75) is 40.2 Å². The zero-order chi connectivity index (χ0) is 19.1. The van der Waals surface area contributed by atoms with Gasteiger partial charge in [-0.15, -0.1) is 21.5 Å². The maximum absolute atomic E-state index is 6.10. The van der Waals surface area contributed by atoms with Gasteiger partial charge in [0.15, 0.2) is 5.82 Å². The van der Waals surface area contributed by atoms with Gasteiger partial charge in [-0.1, -0.05) is 42.5 Å². The molecule has 6 heteroatoms. The lowest BCUT2D eigenvalue weighted by Gasteiger charge is -2.09. The quantitative estimate of drug-likeness (QED) is 0.527. The fourth-order valence-electron chi connectivity index (χ4n) is 3.27. The molecule has 27 heavy (non-hydrogen) atoms. The van der Waals surface area contributed by atoms with Gasteiger partial charge in [-0.05, 0) is 38.5 Å². The number of benzene rings is 1. The van der Waals surface area contributed by atoms with E-state index < -0.39 is 0 Å². The molecule has 0 bridgehead atoms. The number of thiophene rings is 1. The second-order valence-corrected chi connectivity index (χ2v) is 7.93. The van der Waals surface area contributed by atoms with Crippen molar-refractivity contribution in [1.29, 1.82) is 0 Å². The highest BCUT2D eigenvalue weighted by molar-refractivity contribution is 7.15. The van der Waals surface area contributed by atoms with E-state index in [-0.39, 0.29) is 6.04 Å². The number of aryl methyl sites for hydroxylation is 1. The van der Waals surface area contributed by atoms with Gasteiger partial charge in [0.25, 0.3) is 0 Å². The first-order chi connectivity index (χ1) is 13.0. The van der Waals surface area contributed by atoms with Gasteiger partial charge in [0.2, 0.25) is 0 Å². The first-order valence-corrected chi connectivity index (χ1v) is 10.1. The SMILES string of the molecule is CCC#Cc1sc2c(c1C)C(c1ccc(Cl)cc1)=N[C@@H](C)c1nnc(C)n1-2. The largest absolute Gasteiger partial charge is 0.273 e. The first kappa shape index (κ1) is 18.0. The van der Waals surface area contributed by atoms with E-state index in [4.69, 9.17) is 16.6 Å². The molecule has 3 heterocycles. The zero-order valence-corrected chi connectivity index (χ0v) is 17.2. The molecule has 0 saturated heterocycles. The molecule has 0 N–H and O–H groups in total. The summed E-state index contributed by atoms with van der Waals surface area (Å²) in [7, 11) is 0. The monoisotopic (exact) mass is 394 g/mol. The number of hydrogen-bond acceptors (Lipinski definition) is 4. The van der Waals surface area contributed by atoms with Crippen LogP contribution < -0.4 is 0 Å². The van der Waals surface area contributed by atoms with Gasteiger partial charge in [-0.25, -0.2) is 0 Å². The Labute approximate surface area is 167 Å². The molecular formula is C21H19ClN4S. The minimum atomic E-state index is -0.0962. The van der Waals surface area contributed by atoms with Crippen LogP contribution in [-0.2, 0) is 0 Å². The molecule has 3 aromatic rings. The summed E-state index contributed by atoms with van der Waals surface area (Å²) in [5.41, 5.74) is 4.26. The van der Waals surface area contributed by atoms with Crippen LogP contribution in [0.15, 0.2) is 29.3 Å². The normalized spacial score (nSPS) is 15.3. The van der Waals surface area contributed by atoms with Crippen molar-refractivity contribution >= 4 is 28.6 Å². The Hall–Kier alpha value is -2.42. The van der Waals surface area contributed by atoms with Crippen molar-refractivity contribution in [2.75, 3.05) is 0 Å². The molecule has 0 unspecified atom stereocenters. The molecule has 1 aliphatic heterocycles. The average Bonchev–Trinajstić information content (AvgIpc) is 3.15. The number of fused-ring (bicyclic) bond motifs is 3. The van der Waals surface area contributed by atoms with Crippen molar-refractivity contribution in [3.8, 4) is 16.8 Å². The van der Waals surface area contributed by atoms with Gasteiger partial charge in [0.05, 0.1) is 10.6 Å². The summed E-state index contributed by atoms with van der Waals surface area (Å²) in [6, 6.07) is 7.75. The highest BCUT2D eigenvalue weighted by Crippen LogP contribution is 2.38. The van der Waals surface area contributed by atoms with Gasteiger partial charge in [0.1, 0.15) is 16.9 Å². The average molecular weight is 395 g/mol. The molecule has 0 amide bonds. The highest BCUT2D eigenvalue weighted by atomic mass is 35.5. The van der Waals surface area contributed by atoms with E-state index in [9.17, 15) is 0 Å². The summed E-state index contributed by atoms with van der Waals surface area (Å²) in [5, 5.41) is 10.5. The lowest BCUT2D eigenvalue weighted by atomic mass is 9.99. The molecule has 1 atom stereocenters. The molecule has 0 fully saturated rings. The number of aromatic nitrogens is 3. The predicted octanol–water partition coefficient (Wildman–Crippen LogP) is 5.27. The molecule has 4 rings (SSSR count). The minimum Gasteiger partial charge on any atom is -0.273 e. The van der Waals surface area contributed by atoms with Gasteiger partial charge in [-0.3, -0.25) is 9.56 Å². The van der Waals surface area contributed by atoms with E-state index in [1.54, 1.807) is 11.3 Å². The highest BCUT2D eigenvalue weighted by Gasteiger charge is 2.29. The first-order valence-electron chi connectivity index (χ1n) is 8.90. The van der Waals surface area contributed by atoms with Crippen LogP contribution in [0.2, 0.25) is 5.02 Å². The maximum atomic E-state index is 6.10. The van der Waals surface area contributed by atoms with E-state index in [1.165, 1.54) is 0 Å². The summed E-state index contributed by atoms with van der Waals surface area (Å²) in [6.07, 6.45) is 0.827. The van der Waals surface area contributed by atoms with Gasteiger partial charge in [-0.2, -0.15) is 0 Å². The van der Waals surface area contributed by atoms with Crippen LogP contribution in [0.5, 0.6) is 0 Å². The Balaban J connectivity index is 2.03. The lowest BCUT2D eigenvalue weighted by Crippen LogP contribution is -2.07. The van der Waals surface area contributed by atoms with Crippen LogP contribution >= 0.6 is 22.9 Å². The number of rotatable bonds is 1. The van der Waals surface area contributed by atoms with Crippen LogP contribution in [0.25, 0.3) is 5.00 Å². The van der Waals surface area contributed by atoms with Crippen LogP contribution in [0.3, 0.4) is 0 Å². The van der Waals surface area contributed by atoms with Crippen molar-refractivity contribution in [1.82, 2.24) is 14.8 Å². The fraction of sp³-hybridized carbons (Fsp3) is 0.286. The predicted molar refractivity (Wildman–Crippen MR) is 111 cm³/mol. The molecule has 0 radical (unpaired) electrons.